The fraction of sp³-hybridized carbons (Fsp3) is 0.846. The van der Waals surface area contributed by atoms with E-state index in [0.717, 1.165) is 12.1 Å². The van der Waals surface area contributed by atoms with Crippen molar-refractivity contribution in [3.8, 4) is 0 Å². The molecule has 0 saturated carbocycles. The Bertz CT molecular complexity index is 207. The zero-order valence-electron chi connectivity index (χ0n) is 9.84. The molecule has 1 heterocycles. The maximum atomic E-state index is 3.75. The van der Waals surface area contributed by atoms with Gasteiger partial charge in [0.15, 0.2) is 0 Å². The first-order valence-electron chi connectivity index (χ1n) is 6.49. The van der Waals surface area contributed by atoms with Crippen molar-refractivity contribution in [2.75, 3.05) is 6.54 Å². The number of nitrogens with one attached hydrogen (secondary N) is 2. The Balaban J connectivity index is 1.66. The number of rotatable bonds is 4. The molecule has 2 N–H and O–H groups in total. The van der Waals surface area contributed by atoms with Crippen molar-refractivity contribution >= 4 is 0 Å². The molecule has 0 aromatic heterocycles. The minimum atomic E-state index is 0.664. The third-order valence-electron chi connectivity index (χ3n) is 3.59. The summed E-state index contributed by atoms with van der Waals surface area (Å²) in [6, 6.07) is 2.16. The maximum Gasteiger partial charge on any atom is 0.0107 e. The van der Waals surface area contributed by atoms with Crippen LogP contribution in [0.3, 0.4) is 0 Å². The van der Waals surface area contributed by atoms with E-state index in [1.807, 2.05) is 0 Å². The van der Waals surface area contributed by atoms with Crippen molar-refractivity contribution in [2.45, 2.75) is 63.6 Å². The Labute approximate surface area is 93.5 Å². The highest BCUT2D eigenvalue weighted by atomic mass is 15.0. The van der Waals surface area contributed by atoms with Crippen molar-refractivity contribution in [3.63, 3.8) is 0 Å². The summed E-state index contributed by atoms with van der Waals surface area (Å²) in [5.41, 5.74) is 0. The van der Waals surface area contributed by atoms with Crippen LogP contribution in [0.5, 0.6) is 0 Å². The van der Waals surface area contributed by atoms with Gasteiger partial charge in [-0.3, -0.25) is 0 Å². The molecule has 86 valence electrons. The molecule has 1 fully saturated rings. The van der Waals surface area contributed by atoms with Gasteiger partial charge < -0.3 is 10.6 Å². The SMILES string of the molecule is CC(CC1CCCN1)NC1CC=CCC1. The highest BCUT2D eigenvalue weighted by Gasteiger charge is 2.19. The summed E-state index contributed by atoms with van der Waals surface area (Å²) < 4.78 is 0. The van der Waals surface area contributed by atoms with E-state index < -0.39 is 0 Å². The monoisotopic (exact) mass is 208 g/mol. The third kappa shape index (κ3) is 3.62. The van der Waals surface area contributed by atoms with Crippen molar-refractivity contribution in [1.29, 1.82) is 0 Å². The Kier molecular flexibility index (Phi) is 4.21. The summed E-state index contributed by atoms with van der Waals surface area (Å²) in [5, 5.41) is 7.33. The summed E-state index contributed by atoms with van der Waals surface area (Å²) in [5.74, 6) is 0. The molecule has 2 heteroatoms. The van der Waals surface area contributed by atoms with E-state index in [1.165, 1.54) is 45.1 Å². The van der Waals surface area contributed by atoms with Crippen LogP contribution < -0.4 is 10.6 Å². The number of hydrogen-bond donors (Lipinski definition) is 2. The third-order valence-corrected chi connectivity index (χ3v) is 3.59. The average Bonchev–Trinajstić information content (AvgIpc) is 2.71. The predicted octanol–water partition coefficient (Wildman–Crippen LogP) is 2.22. The summed E-state index contributed by atoms with van der Waals surface area (Å²) in [7, 11) is 0. The molecular formula is C13H24N2. The fourth-order valence-electron chi connectivity index (χ4n) is 2.80. The van der Waals surface area contributed by atoms with Gasteiger partial charge in [0.25, 0.3) is 0 Å². The zero-order valence-corrected chi connectivity index (χ0v) is 9.84. The molecule has 0 spiro atoms. The normalized spacial score (nSPS) is 33.1. The van der Waals surface area contributed by atoms with Crippen LogP contribution in [0.15, 0.2) is 12.2 Å². The molecule has 2 rings (SSSR count). The van der Waals surface area contributed by atoms with E-state index in [9.17, 15) is 0 Å². The van der Waals surface area contributed by atoms with Crippen molar-refractivity contribution in [3.05, 3.63) is 12.2 Å². The quantitative estimate of drug-likeness (QED) is 0.692. The van der Waals surface area contributed by atoms with Crippen molar-refractivity contribution in [2.24, 2.45) is 0 Å². The Hall–Kier alpha value is -0.340. The van der Waals surface area contributed by atoms with Crippen LogP contribution in [0.1, 0.15) is 45.4 Å². The van der Waals surface area contributed by atoms with Gasteiger partial charge in [-0.15, -0.1) is 0 Å². The van der Waals surface area contributed by atoms with Gasteiger partial charge in [0.1, 0.15) is 0 Å². The van der Waals surface area contributed by atoms with Crippen molar-refractivity contribution < 1.29 is 0 Å². The summed E-state index contributed by atoms with van der Waals surface area (Å²) in [4.78, 5) is 0. The molecular weight excluding hydrogens is 184 g/mol. The fourth-order valence-corrected chi connectivity index (χ4v) is 2.80. The molecule has 2 nitrogen and oxygen atoms in total. The molecule has 3 atom stereocenters. The minimum Gasteiger partial charge on any atom is -0.314 e. The highest BCUT2D eigenvalue weighted by molar-refractivity contribution is 4.94. The molecule has 0 amide bonds. The molecule has 2 aliphatic rings. The van der Waals surface area contributed by atoms with E-state index in [1.54, 1.807) is 0 Å². The second-order valence-corrected chi connectivity index (χ2v) is 5.08. The Morgan fingerprint density at radius 3 is 3.00 bits per heavy atom. The lowest BCUT2D eigenvalue weighted by Gasteiger charge is -2.25. The summed E-state index contributed by atoms with van der Waals surface area (Å²) >= 11 is 0. The van der Waals surface area contributed by atoms with Gasteiger partial charge in [0.2, 0.25) is 0 Å². The highest BCUT2D eigenvalue weighted by Crippen LogP contribution is 2.14. The first-order chi connectivity index (χ1) is 7.34. The molecule has 1 aliphatic heterocycles. The number of allylic oxidation sites excluding steroid dienone is 1. The Morgan fingerprint density at radius 2 is 2.33 bits per heavy atom. The standard InChI is InChI=1S/C13H24N2/c1-11(10-13-8-5-9-14-13)15-12-6-3-2-4-7-12/h2-3,11-15H,4-10H2,1H3. The lowest BCUT2D eigenvalue weighted by Crippen LogP contribution is -2.40. The molecule has 1 saturated heterocycles. The molecule has 1 aliphatic carbocycles. The molecule has 0 aromatic rings. The lowest BCUT2D eigenvalue weighted by molar-refractivity contribution is 0.374. The van der Waals surface area contributed by atoms with Gasteiger partial charge in [-0.2, -0.15) is 0 Å². The van der Waals surface area contributed by atoms with Gasteiger partial charge >= 0.3 is 0 Å². The number of hydrogen-bond acceptors (Lipinski definition) is 2. The first kappa shape index (κ1) is 11.2. The van der Waals surface area contributed by atoms with E-state index >= 15 is 0 Å². The molecule has 15 heavy (non-hydrogen) atoms. The van der Waals surface area contributed by atoms with Crippen LogP contribution in [0, 0.1) is 0 Å². The minimum absolute atomic E-state index is 0.664. The smallest absolute Gasteiger partial charge is 0.0107 e. The first-order valence-corrected chi connectivity index (χ1v) is 6.49. The van der Waals surface area contributed by atoms with E-state index in [-0.39, 0.29) is 0 Å². The summed E-state index contributed by atoms with van der Waals surface area (Å²) in [6.45, 7) is 3.56. The predicted molar refractivity (Wildman–Crippen MR) is 65.0 cm³/mol. The largest absolute Gasteiger partial charge is 0.314 e. The second kappa shape index (κ2) is 5.66. The average molecular weight is 208 g/mol. The van der Waals surface area contributed by atoms with E-state index in [0.29, 0.717) is 6.04 Å². The van der Waals surface area contributed by atoms with Gasteiger partial charge in [-0.25, -0.2) is 0 Å². The van der Waals surface area contributed by atoms with Gasteiger partial charge in [0, 0.05) is 18.1 Å². The van der Waals surface area contributed by atoms with Crippen LogP contribution >= 0.6 is 0 Å². The molecule has 0 radical (unpaired) electrons. The molecule has 0 bridgehead atoms. The van der Waals surface area contributed by atoms with Crippen LogP contribution in [-0.2, 0) is 0 Å². The second-order valence-electron chi connectivity index (χ2n) is 5.08. The van der Waals surface area contributed by atoms with Crippen LogP contribution in [0.25, 0.3) is 0 Å². The topological polar surface area (TPSA) is 24.1 Å². The van der Waals surface area contributed by atoms with Gasteiger partial charge in [0.05, 0.1) is 0 Å². The van der Waals surface area contributed by atoms with Crippen LogP contribution in [-0.4, -0.2) is 24.7 Å². The maximum absolute atomic E-state index is 3.75. The van der Waals surface area contributed by atoms with Crippen molar-refractivity contribution in [1.82, 2.24) is 10.6 Å². The lowest BCUT2D eigenvalue weighted by atomic mass is 9.99. The zero-order chi connectivity index (χ0) is 10.5. The van der Waals surface area contributed by atoms with E-state index in [4.69, 9.17) is 0 Å². The van der Waals surface area contributed by atoms with Gasteiger partial charge in [-0.05, 0) is 52.0 Å². The summed E-state index contributed by atoms with van der Waals surface area (Å²) in [6.07, 6.45) is 12.5. The molecule has 0 aromatic carbocycles. The Morgan fingerprint density at radius 1 is 1.40 bits per heavy atom. The van der Waals surface area contributed by atoms with Crippen LogP contribution in [0.4, 0.5) is 0 Å². The van der Waals surface area contributed by atoms with E-state index in [2.05, 4.69) is 29.7 Å². The van der Waals surface area contributed by atoms with Crippen LogP contribution in [0.2, 0.25) is 0 Å². The molecule has 3 unspecified atom stereocenters. The van der Waals surface area contributed by atoms with Gasteiger partial charge in [-0.1, -0.05) is 12.2 Å².